The largest absolute Gasteiger partial charge is 0.540 e. The van der Waals surface area contributed by atoms with Crippen LogP contribution in [0, 0.1) is 0 Å². The standard InChI is InChI=1S/C11H18N3O2.Y/c1-8-5-10(2,7-15)14-9(16)11(3,12-4)6-13(8)14;/h8,12H,5-6H2,1-4H3;/q-1;. The normalized spacial score (nSPS) is 41.3. The van der Waals surface area contributed by atoms with Crippen molar-refractivity contribution in [2.75, 3.05) is 13.6 Å². The molecule has 0 bridgehead atoms. The maximum absolute atomic E-state index is 12.3. The van der Waals surface area contributed by atoms with Gasteiger partial charge in [0.15, 0.2) is 0 Å². The van der Waals surface area contributed by atoms with E-state index in [1.165, 1.54) is 0 Å². The number of rotatable bonds is 2. The number of fused-ring (bicyclic) bond motifs is 1. The first kappa shape index (κ1) is 15.2. The van der Waals surface area contributed by atoms with Gasteiger partial charge in [0.05, 0.1) is 0 Å². The summed E-state index contributed by atoms with van der Waals surface area (Å²) in [5.74, 6) is -0.0369. The van der Waals surface area contributed by atoms with Crippen molar-refractivity contribution in [2.24, 2.45) is 0 Å². The predicted octanol–water partition coefficient (Wildman–Crippen LogP) is -0.318. The third kappa shape index (κ3) is 2.01. The van der Waals surface area contributed by atoms with E-state index in [4.69, 9.17) is 0 Å². The van der Waals surface area contributed by atoms with Gasteiger partial charge in [-0.3, -0.25) is 9.80 Å². The average molecular weight is 313 g/mol. The van der Waals surface area contributed by atoms with Gasteiger partial charge in [0.2, 0.25) is 0 Å². The topological polar surface area (TPSA) is 52.7 Å². The van der Waals surface area contributed by atoms with Gasteiger partial charge in [0.25, 0.3) is 5.91 Å². The molecule has 2 aliphatic rings. The zero-order valence-corrected chi connectivity index (χ0v) is 13.6. The molecule has 2 rings (SSSR count). The maximum atomic E-state index is 12.3. The van der Waals surface area contributed by atoms with Crippen LogP contribution in [0.4, 0.5) is 0 Å². The van der Waals surface area contributed by atoms with Gasteiger partial charge < -0.3 is 10.1 Å². The van der Waals surface area contributed by atoms with Gasteiger partial charge in [-0.25, -0.2) is 11.3 Å². The Morgan fingerprint density at radius 3 is 2.53 bits per heavy atom. The second kappa shape index (κ2) is 4.69. The third-order valence-electron chi connectivity index (χ3n) is 3.84. The zero-order chi connectivity index (χ0) is 12.1. The number of hydrogen-bond acceptors (Lipinski definition) is 4. The fraction of sp³-hybridized carbons (Fsp3) is 0.818. The molecule has 3 unspecified atom stereocenters. The molecule has 1 N–H and O–H groups in total. The molecule has 1 amide bonds. The molecule has 0 spiro atoms. The van der Waals surface area contributed by atoms with Crippen molar-refractivity contribution in [1.82, 2.24) is 15.3 Å². The van der Waals surface area contributed by atoms with E-state index in [1.54, 1.807) is 19.0 Å². The summed E-state index contributed by atoms with van der Waals surface area (Å²) in [5, 5.41) is 6.60. The fourth-order valence-corrected chi connectivity index (χ4v) is 2.71. The Bertz CT molecular complexity index is 352. The van der Waals surface area contributed by atoms with Gasteiger partial charge in [0, 0.05) is 45.3 Å². The molecule has 93 valence electrons. The molecular formula is C11H18N3O2Y-. The number of amides is 1. The summed E-state index contributed by atoms with van der Waals surface area (Å²) in [6.45, 7) is 6.28. The van der Waals surface area contributed by atoms with Crippen molar-refractivity contribution >= 4 is 12.2 Å². The Morgan fingerprint density at radius 1 is 1.47 bits per heavy atom. The van der Waals surface area contributed by atoms with Crippen LogP contribution >= 0.6 is 0 Å². The predicted molar refractivity (Wildman–Crippen MR) is 59.2 cm³/mol. The molecule has 5 nitrogen and oxygen atoms in total. The molecule has 17 heavy (non-hydrogen) atoms. The maximum Gasteiger partial charge on any atom is 0.256 e. The molecule has 0 aromatic rings. The van der Waals surface area contributed by atoms with Crippen LogP contribution in [0.1, 0.15) is 27.2 Å². The number of carbonyl (C=O) groups is 1. The summed E-state index contributed by atoms with van der Waals surface area (Å²) < 4.78 is 0. The van der Waals surface area contributed by atoms with E-state index in [9.17, 15) is 9.59 Å². The van der Waals surface area contributed by atoms with Gasteiger partial charge >= 0.3 is 0 Å². The number of hydrogen-bond donors (Lipinski definition) is 1. The van der Waals surface area contributed by atoms with E-state index in [-0.39, 0.29) is 44.7 Å². The summed E-state index contributed by atoms with van der Waals surface area (Å²) in [4.78, 5) is 23.4. The van der Waals surface area contributed by atoms with E-state index in [1.807, 2.05) is 25.1 Å². The summed E-state index contributed by atoms with van der Waals surface area (Å²) in [5.41, 5.74) is -1.39. The monoisotopic (exact) mass is 313 g/mol. The van der Waals surface area contributed by atoms with Crippen LogP contribution in [-0.2, 0) is 42.3 Å². The Kier molecular flexibility index (Phi) is 4.20. The van der Waals surface area contributed by atoms with Gasteiger partial charge in [0.1, 0.15) is 5.54 Å². The second-order valence-corrected chi connectivity index (χ2v) is 5.23. The van der Waals surface area contributed by atoms with E-state index in [2.05, 4.69) is 5.32 Å². The van der Waals surface area contributed by atoms with Crippen molar-refractivity contribution in [3.63, 3.8) is 0 Å². The molecular weight excluding hydrogens is 295 g/mol. The first-order valence-corrected chi connectivity index (χ1v) is 5.57. The quantitative estimate of drug-likeness (QED) is 0.710. The van der Waals surface area contributed by atoms with E-state index >= 15 is 0 Å². The Labute approximate surface area is 127 Å². The Hall–Kier alpha value is 0.164. The average Bonchev–Trinajstić information content (AvgIpc) is 2.65. The number of likely N-dealkylation sites (N-methyl/N-ethyl adjacent to an activating group) is 1. The van der Waals surface area contributed by atoms with Crippen LogP contribution in [-0.4, -0.2) is 52.9 Å². The van der Waals surface area contributed by atoms with E-state index < -0.39 is 11.1 Å². The molecule has 0 saturated carbocycles. The van der Waals surface area contributed by atoms with Gasteiger partial charge in [-0.2, -0.15) is 0 Å². The summed E-state index contributed by atoms with van der Waals surface area (Å²) in [6, 6.07) is 0.200. The van der Waals surface area contributed by atoms with Crippen LogP contribution in [0.5, 0.6) is 0 Å². The van der Waals surface area contributed by atoms with Gasteiger partial charge in [-0.1, -0.05) is 6.92 Å². The smallest absolute Gasteiger partial charge is 0.256 e. The zero-order valence-electron chi connectivity index (χ0n) is 10.8. The fourth-order valence-electron chi connectivity index (χ4n) is 2.71. The van der Waals surface area contributed by atoms with Gasteiger partial charge in [-0.15, -0.1) is 0 Å². The number of hydrazine groups is 1. The molecule has 2 heterocycles. The molecule has 1 radical (unpaired) electrons. The summed E-state index contributed by atoms with van der Waals surface area (Å²) in [6.07, 6.45) is 2.67. The SMILES string of the molecule is CNC1(C)CN2C(C)CC(C)([C-]=O)N2C1=O.[Y]. The molecule has 0 aliphatic carbocycles. The molecule has 3 atom stereocenters. The first-order valence-electron chi connectivity index (χ1n) is 5.57. The van der Waals surface area contributed by atoms with E-state index in [0.29, 0.717) is 13.0 Å². The van der Waals surface area contributed by atoms with Crippen molar-refractivity contribution < 1.29 is 42.3 Å². The van der Waals surface area contributed by atoms with Crippen molar-refractivity contribution in [1.29, 1.82) is 0 Å². The minimum Gasteiger partial charge on any atom is -0.540 e. The Balaban J connectivity index is 0.00000144. The van der Waals surface area contributed by atoms with Crippen LogP contribution in [0.25, 0.3) is 0 Å². The number of carbonyl (C=O) groups excluding carboxylic acids is 2. The third-order valence-corrected chi connectivity index (χ3v) is 3.84. The minimum absolute atomic E-state index is 0. The van der Waals surface area contributed by atoms with Crippen molar-refractivity contribution in [2.45, 2.75) is 44.3 Å². The van der Waals surface area contributed by atoms with Crippen molar-refractivity contribution in [3.05, 3.63) is 0 Å². The van der Waals surface area contributed by atoms with E-state index in [0.717, 1.165) is 0 Å². The van der Waals surface area contributed by atoms with Crippen LogP contribution < -0.4 is 5.32 Å². The van der Waals surface area contributed by atoms with Gasteiger partial charge in [-0.05, 0) is 32.9 Å². The molecule has 2 fully saturated rings. The molecule has 6 heteroatoms. The molecule has 0 aromatic heterocycles. The number of nitrogens with one attached hydrogen (secondary N) is 1. The molecule has 0 aromatic carbocycles. The van der Waals surface area contributed by atoms with Crippen LogP contribution in [0.3, 0.4) is 0 Å². The first-order chi connectivity index (χ1) is 7.38. The number of nitrogens with zero attached hydrogens (tertiary/aromatic N) is 2. The Morgan fingerprint density at radius 2 is 2.06 bits per heavy atom. The van der Waals surface area contributed by atoms with Crippen molar-refractivity contribution in [3.8, 4) is 0 Å². The minimum atomic E-state index is -0.800. The molecule has 2 saturated heterocycles. The molecule has 2 aliphatic heterocycles. The van der Waals surface area contributed by atoms with Crippen LogP contribution in [0.2, 0.25) is 0 Å². The van der Waals surface area contributed by atoms with Crippen LogP contribution in [0.15, 0.2) is 0 Å². The summed E-state index contributed by atoms with van der Waals surface area (Å²) >= 11 is 0. The summed E-state index contributed by atoms with van der Waals surface area (Å²) in [7, 11) is 1.77. The second-order valence-electron chi connectivity index (χ2n) is 5.23.